The van der Waals surface area contributed by atoms with Gasteiger partial charge in [-0.2, -0.15) is 0 Å². The van der Waals surface area contributed by atoms with Gasteiger partial charge in [-0.05, 0) is 5.92 Å². The van der Waals surface area contributed by atoms with E-state index in [1.165, 1.54) is 12.1 Å². The second-order valence-corrected chi connectivity index (χ2v) is 6.46. The average Bonchev–Trinajstić information content (AvgIpc) is 1.87. The average molecular weight is 142 g/mol. The molecular formula is C8H18Si. The molecule has 54 valence electrons. The van der Waals surface area contributed by atoms with Crippen LogP contribution >= 0.6 is 0 Å². The van der Waals surface area contributed by atoms with E-state index in [2.05, 4.69) is 33.0 Å². The van der Waals surface area contributed by atoms with Crippen molar-refractivity contribution in [2.24, 2.45) is 5.92 Å². The molecule has 0 aliphatic heterocycles. The second kappa shape index (κ2) is 4.80. The lowest BCUT2D eigenvalue weighted by atomic mass is 10.2. The minimum Gasteiger partial charge on any atom is -0.103 e. The first-order chi connectivity index (χ1) is 4.20. The van der Waals surface area contributed by atoms with Crippen LogP contribution in [-0.2, 0) is 0 Å². The van der Waals surface area contributed by atoms with Crippen molar-refractivity contribution >= 4 is 8.80 Å². The largest absolute Gasteiger partial charge is 0.103 e. The van der Waals surface area contributed by atoms with Gasteiger partial charge in [0, 0.05) is 8.80 Å². The molecule has 0 aromatic rings. The molecule has 0 fully saturated rings. The number of allylic oxidation sites excluding steroid dienone is 1. The molecule has 0 N–H and O–H groups in total. The Bertz CT molecular complexity index is 78.6. The van der Waals surface area contributed by atoms with Gasteiger partial charge in [0.1, 0.15) is 0 Å². The molecule has 0 amide bonds. The van der Waals surface area contributed by atoms with Gasteiger partial charge in [-0.3, -0.25) is 0 Å². The predicted octanol–water partition coefficient (Wildman–Crippen LogP) is 2.69. The lowest BCUT2D eigenvalue weighted by Gasteiger charge is -2.09. The number of rotatable bonds is 4. The predicted molar refractivity (Wildman–Crippen MR) is 47.7 cm³/mol. The molecule has 0 radical (unpaired) electrons. The lowest BCUT2D eigenvalue weighted by molar-refractivity contribution is 0.818. The topological polar surface area (TPSA) is 0 Å². The van der Waals surface area contributed by atoms with E-state index in [1.807, 2.05) is 0 Å². The van der Waals surface area contributed by atoms with Crippen molar-refractivity contribution < 1.29 is 0 Å². The van der Waals surface area contributed by atoms with Crippen LogP contribution in [0.1, 0.15) is 13.8 Å². The van der Waals surface area contributed by atoms with Crippen LogP contribution in [-0.4, -0.2) is 8.80 Å². The highest BCUT2D eigenvalue weighted by Gasteiger charge is 2.03. The van der Waals surface area contributed by atoms with E-state index >= 15 is 0 Å². The Morgan fingerprint density at radius 3 is 2.56 bits per heavy atom. The first-order valence-electron chi connectivity index (χ1n) is 3.83. The molecule has 0 aliphatic carbocycles. The molecule has 0 rings (SSSR count). The fourth-order valence-electron chi connectivity index (χ4n) is 0.898. The molecule has 0 aliphatic rings. The highest BCUT2D eigenvalue weighted by Crippen LogP contribution is 2.09. The smallest absolute Gasteiger partial charge is 0.0339 e. The van der Waals surface area contributed by atoms with Crippen LogP contribution in [0.2, 0.25) is 18.6 Å². The Kier molecular flexibility index (Phi) is 4.78. The summed E-state index contributed by atoms with van der Waals surface area (Å²) in [5, 5.41) is 0. The fraction of sp³-hybridized carbons (Fsp3) is 0.750. The van der Waals surface area contributed by atoms with Crippen molar-refractivity contribution in [2.75, 3.05) is 0 Å². The summed E-state index contributed by atoms with van der Waals surface area (Å²) in [6, 6.07) is 2.86. The monoisotopic (exact) mass is 142 g/mol. The number of hydrogen-bond acceptors (Lipinski definition) is 0. The van der Waals surface area contributed by atoms with Crippen molar-refractivity contribution in [3.63, 3.8) is 0 Å². The van der Waals surface area contributed by atoms with Gasteiger partial charge in [-0.25, -0.2) is 0 Å². The third-order valence-corrected chi connectivity index (χ3v) is 4.82. The molecule has 0 nitrogen and oxygen atoms in total. The number of hydrogen-bond donors (Lipinski definition) is 0. The van der Waals surface area contributed by atoms with Gasteiger partial charge < -0.3 is 0 Å². The maximum Gasteiger partial charge on any atom is 0.0339 e. The Labute approximate surface area is 60.6 Å². The maximum absolute atomic E-state index is 3.77. The Hall–Kier alpha value is -0.0431. The summed E-state index contributed by atoms with van der Waals surface area (Å²) in [7, 11) is -0.328. The second-order valence-electron chi connectivity index (χ2n) is 2.96. The summed E-state index contributed by atoms with van der Waals surface area (Å²) < 4.78 is 0. The van der Waals surface area contributed by atoms with Crippen LogP contribution in [0.25, 0.3) is 0 Å². The van der Waals surface area contributed by atoms with E-state index < -0.39 is 0 Å². The zero-order valence-electron chi connectivity index (χ0n) is 6.85. The molecule has 0 aromatic heterocycles. The molecule has 0 saturated carbocycles. The highest BCUT2D eigenvalue weighted by atomic mass is 28.3. The molecule has 0 saturated heterocycles. The highest BCUT2D eigenvalue weighted by molar-refractivity contribution is 6.57. The molecule has 9 heavy (non-hydrogen) atoms. The third kappa shape index (κ3) is 4.46. The summed E-state index contributed by atoms with van der Waals surface area (Å²) in [5.41, 5.74) is 0. The SMILES string of the molecule is C=CC(C)C[SiH](C)CC. The van der Waals surface area contributed by atoms with Crippen LogP contribution in [0.3, 0.4) is 0 Å². The van der Waals surface area contributed by atoms with Crippen molar-refractivity contribution in [3.8, 4) is 0 Å². The first-order valence-corrected chi connectivity index (χ1v) is 6.62. The standard InChI is InChI=1S/C8H18Si/c1-5-8(3)7-9(4)6-2/h5,8-9H,1,6-7H2,2-4H3. The van der Waals surface area contributed by atoms with E-state index in [4.69, 9.17) is 0 Å². The molecule has 2 unspecified atom stereocenters. The van der Waals surface area contributed by atoms with Gasteiger partial charge in [0.2, 0.25) is 0 Å². The first kappa shape index (κ1) is 8.96. The third-order valence-electron chi connectivity index (χ3n) is 1.87. The van der Waals surface area contributed by atoms with Gasteiger partial charge in [-0.15, -0.1) is 6.58 Å². The minimum absolute atomic E-state index is 0.328. The summed E-state index contributed by atoms with van der Waals surface area (Å²) in [4.78, 5) is 0. The molecule has 1 heteroatoms. The summed E-state index contributed by atoms with van der Waals surface area (Å²) in [5.74, 6) is 0.756. The van der Waals surface area contributed by atoms with Gasteiger partial charge in [-0.1, -0.05) is 38.6 Å². The molecule has 0 spiro atoms. The quantitative estimate of drug-likeness (QED) is 0.418. The van der Waals surface area contributed by atoms with Crippen LogP contribution < -0.4 is 0 Å². The Balaban J connectivity index is 3.33. The van der Waals surface area contributed by atoms with Crippen LogP contribution in [0.15, 0.2) is 12.7 Å². The lowest BCUT2D eigenvalue weighted by Crippen LogP contribution is -2.07. The molecule has 0 aromatic carbocycles. The summed E-state index contributed by atoms with van der Waals surface area (Å²) in [6.07, 6.45) is 2.07. The van der Waals surface area contributed by atoms with E-state index in [0.29, 0.717) is 0 Å². The van der Waals surface area contributed by atoms with Gasteiger partial charge in [0.05, 0.1) is 0 Å². The van der Waals surface area contributed by atoms with Crippen molar-refractivity contribution in [1.29, 1.82) is 0 Å². The Morgan fingerprint density at radius 1 is 1.67 bits per heavy atom. The summed E-state index contributed by atoms with van der Waals surface area (Å²) in [6.45, 7) is 10.8. The van der Waals surface area contributed by atoms with Crippen molar-refractivity contribution in [3.05, 3.63) is 12.7 Å². The van der Waals surface area contributed by atoms with Crippen molar-refractivity contribution in [2.45, 2.75) is 32.5 Å². The fourth-order valence-corrected chi connectivity index (χ4v) is 2.69. The molecule has 0 heterocycles. The van der Waals surface area contributed by atoms with Crippen molar-refractivity contribution in [1.82, 2.24) is 0 Å². The van der Waals surface area contributed by atoms with Gasteiger partial charge >= 0.3 is 0 Å². The minimum atomic E-state index is -0.328. The van der Waals surface area contributed by atoms with Gasteiger partial charge in [0.25, 0.3) is 0 Å². The molecular weight excluding hydrogens is 124 g/mol. The molecule has 0 bridgehead atoms. The van der Waals surface area contributed by atoms with E-state index in [-0.39, 0.29) is 8.80 Å². The normalized spacial score (nSPS) is 16.8. The molecule has 2 atom stereocenters. The van der Waals surface area contributed by atoms with E-state index in [9.17, 15) is 0 Å². The van der Waals surface area contributed by atoms with E-state index in [0.717, 1.165) is 5.92 Å². The Morgan fingerprint density at radius 2 is 2.22 bits per heavy atom. The van der Waals surface area contributed by atoms with Gasteiger partial charge in [0.15, 0.2) is 0 Å². The maximum atomic E-state index is 3.77. The van der Waals surface area contributed by atoms with Crippen LogP contribution in [0.4, 0.5) is 0 Å². The van der Waals surface area contributed by atoms with Crippen LogP contribution in [0.5, 0.6) is 0 Å². The van der Waals surface area contributed by atoms with Crippen LogP contribution in [0, 0.1) is 5.92 Å². The zero-order valence-corrected chi connectivity index (χ0v) is 8.01. The summed E-state index contributed by atoms with van der Waals surface area (Å²) >= 11 is 0. The zero-order chi connectivity index (χ0) is 7.28. The van der Waals surface area contributed by atoms with E-state index in [1.54, 1.807) is 0 Å².